The topological polar surface area (TPSA) is 37.2 Å². The number of hydrogen-bond acceptors (Lipinski definition) is 2. The average molecular weight is 365 g/mol. The van der Waals surface area contributed by atoms with Crippen molar-refractivity contribution in [2.24, 2.45) is 0 Å². The van der Waals surface area contributed by atoms with Crippen LogP contribution in [0.3, 0.4) is 0 Å². The molecule has 0 aliphatic heterocycles. The number of unbranched alkanes of at least 4 members (excludes halogenated alkanes) is 1. The Morgan fingerprint density at radius 2 is 1.62 bits per heavy atom. The molecule has 2 aromatic carbocycles. The molecule has 0 amide bonds. The lowest BCUT2D eigenvalue weighted by molar-refractivity contribution is 0.154. The molecule has 0 bridgehead atoms. The maximum atomic E-state index is 10.4. The molecule has 0 saturated carbocycles. The van der Waals surface area contributed by atoms with Gasteiger partial charge in [-0.15, -0.1) is 0 Å². The molecule has 1 heterocycles. The first kappa shape index (κ1) is 17.6. The number of rotatable bonds is 7. The molecule has 0 aliphatic carbocycles. The summed E-state index contributed by atoms with van der Waals surface area (Å²) in [6.45, 7) is 4.21. The van der Waals surface area contributed by atoms with Crippen LogP contribution in [0.4, 0.5) is 0 Å². The number of fused-ring (bicyclic) bond motifs is 3. The number of aromatic nitrogens is 1. The van der Waals surface area contributed by atoms with E-state index in [2.05, 4.69) is 16.8 Å². The van der Waals surface area contributed by atoms with Crippen molar-refractivity contribution >= 4 is 45.0 Å². The van der Waals surface area contributed by atoms with Crippen molar-refractivity contribution in [2.45, 2.75) is 32.4 Å². The Kier molecular flexibility index (Phi) is 5.67. The summed E-state index contributed by atoms with van der Waals surface area (Å²) in [5.41, 5.74) is 2.12. The van der Waals surface area contributed by atoms with Gasteiger partial charge in [-0.2, -0.15) is 0 Å². The highest BCUT2D eigenvalue weighted by molar-refractivity contribution is 6.33. The van der Waals surface area contributed by atoms with Crippen LogP contribution in [0.1, 0.15) is 19.8 Å². The fourth-order valence-electron chi connectivity index (χ4n) is 3.09. The van der Waals surface area contributed by atoms with E-state index in [-0.39, 0.29) is 0 Å². The van der Waals surface area contributed by atoms with Crippen LogP contribution >= 0.6 is 23.2 Å². The predicted molar refractivity (Wildman–Crippen MR) is 103 cm³/mol. The van der Waals surface area contributed by atoms with Crippen LogP contribution in [-0.2, 0) is 6.54 Å². The van der Waals surface area contributed by atoms with Gasteiger partial charge in [0, 0.05) is 38.4 Å². The first-order valence-corrected chi connectivity index (χ1v) is 9.11. The van der Waals surface area contributed by atoms with E-state index >= 15 is 0 Å². The van der Waals surface area contributed by atoms with Crippen molar-refractivity contribution in [1.82, 2.24) is 9.88 Å². The number of halogens is 2. The number of hydrogen-bond donors (Lipinski definition) is 2. The minimum Gasteiger partial charge on any atom is -0.390 e. The molecular formula is C19H22Cl2N2O. The minimum absolute atomic E-state index is 0.452. The van der Waals surface area contributed by atoms with Gasteiger partial charge < -0.3 is 15.0 Å². The van der Waals surface area contributed by atoms with Gasteiger partial charge in [-0.05, 0) is 49.4 Å². The third-order valence-corrected chi connectivity index (χ3v) is 4.74. The fraction of sp³-hybridized carbons (Fsp3) is 0.368. The summed E-state index contributed by atoms with van der Waals surface area (Å²) in [6.07, 6.45) is 1.82. The van der Waals surface area contributed by atoms with E-state index in [4.69, 9.17) is 23.2 Å². The fourth-order valence-corrected chi connectivity index (χ4v) is 3.44. The molecule has 3 aromatic rings. The minimum atomic E-state index is -0.452. The van der Waals surface area contributed by atoms with Crippen LogP contribution in [-0.4, -0.2) is 28.9 Å². The zero-order valence-electron chi connectivity index (χ0n) is 13.7. The highest BCUT2D eigenvalue weighted by Gasteiger charge is 2.14. The second-order valence-corrected chi connectivity index (χ2v) is 7.02. The molecule has 24 heavy (non-hydrogen) atoms. The van der Waals surface area contributed by atoms with E-state index in [1.807, 2.05) is 36.4 Å². The van der Waals surface area contributed by atoms with E-state index in [1.165, 1.54) is 0 Å². The number of nitrogens with zero attached hydrogens (tertiary/aromatic N) is 1. The van der Waals surface area contributed by atoms with Crippen LogP contribution < -0.4 is 5.32 Å². The van der Waals surface area contributed by atoms with Gasteiger partial charge >= 0.3 is 0 Å². The van der Waals surface area contributed by atoms with Crippen molar-refractivity contribution < 1.29 is 5.11 Å². The quantitative estimate of drug-likeness (QED) is 0.587. The van der Waals surface area contributed by atoms with Crippen LogP contribution in [0.5, 0.6) is 0 Å². The van der Waals surface area contributed by atoms with Gasteiger partial charge in [-0.25, -0.2) is 0 Å². The van der Waals surface area contributed by atoms with Gasteiger partial charge in [0.1, 0.15) is 0 Å². The van der Waals surface area contributed by atoms with Crippen molar-refractivity contribution in [3.05, 3.63) is 46.4 Å². The van der Waals surface area contributed by atoms with Crippen LogP contribution in [0.15, 0.2) is 36.4 Å². The monoisotopic (exact) mass is 364 g/mol. The van der Waals surface area contributed by atoms with Crippen molar-refractivity contribution in [3.63, 3.8) is 0 Å². The SMILES string of the molecule is CCCCNC[C@H](O)Cn1c2ccc(Cl)cc2c2cc(Cl)ccc21. The second kappa shape index (κ2) is 7.75. The van der Waals surface area contributed by atoms with Gasteiger partial charge in [-0.3, -0.25) is 0 Å². The Labute approximate surface area is 152 Å². The molecule has 1 atom stereocenters. The molecular weight excluding hydrogens is 343 g/mol. The van der Waals surface area contributed by atoms with Crippen molar-refractivity contribution in [3.8, 4) is 0 Å². The maximum absolute atomic E-state index is 10.4. The summed E-state index contributed by atoms with van der Waals surface area (Å²) in [5.74, 6) is 0. The van der Waals surface area contributed by atoms with E-state index in [0.29, 0.717) is 23.1 Å². The molecule has 5 heteroatoms. The van der Waals surface area contributed by atoms with E-state index < -0.39 is 6.10 Å². The highest BCUT2D eigenvalue weighted by Crippen LogP contribution is 2.32. The van der Waals surface area contributed by atoms with Gasteiger partial charge in [0.05, 0.1) is 12.6 Å². The third-order valence-electron chi connectivity index (χ3n) is 4.27. The van der Waals surface area contributed by atoms with Crippen LogP contribution in [0.25, 0.3) is 21.8 Å². The van der Waals surface area contributed by atoms with Crippen molar-refractivity contribution in [2.75, 3.05) is 13.1 Å². The summed E-state index contributed by atoms with van der Waals surface area (Å²) in [4.78, 5) is 0. The van der Waals surface area contributed by atoms with E-state index in [0.717, 1.165) is 41.2 Å². The normalized spacial score (nSPS) is 13.0. The Bertz CT molecular complexity index is 785. The molecule has 0 unspecified atom stereocenters. The Morgan fingerprint density at radius 3 is 2.17 bits per heavy atom. The lowest BCUT2D eigenvalue weighted by Gasteiger charge is -2.15. The second-order valence-electron chi connectivity index (χ2n) is 6.15. The Balaban J connectivity index is 1.93. The molecule has 0 saturated heterocycles. The third kappa shape index (κ3) is 3.70. The first-order valence-electron chi connectivity index (χ1n) is 8.36. The maximum Gasteiger partial charge on any atom is 0.0843 e. The molecule has 1 aromatic heterocycles. The predicted octanol–water partition coefficient (Wildman–Crippen LogP) is 4.85. The number of aliphatic hydroxyl groups excluding tert-OH is 1. The number of aliphatic hydroxyl groups is 1. The molecule has 2 N–H and O–H groups in total. The smallest absolute Gasteiger partial charge is 0.0843 e. The summed E-state index contributed by atoms with van der Waals surface area (Å²) in [7, 11) is 0. The lowest BCUT2D eigenvalue weighted by Crippen LogP contribution is -2.30. The molecule has 0 fully saturated rings. The van der Waals surface area contributed by atoms with Crippen molar-refractivity contribution in [1.29, 1.82) is 0 Å². The molecule has 0 spiro atoms. The van der Waals surface area contributed by atoms with Crippen LogP contribution in [0, 0.1) is 0 Å². The molecule has 128 valence electrons. The summed E-state index contributed by atoms with van der Waals surface area (Å²) in [6, 6.07) is 11.7. The zero-order chi connectivity index (χ0) is 17.1. The Hall–Kier alpha value is -1.26. The van der Waals surface area contributed by atoms with E-state index in [1.54, 1.807) is 0 Å². The molecule has 3 nitrogen and oxygen atoms in total. The number of benzene rings is 2. The highest BCUT2D eigenvalue weighted by atomic mass is 35.5. The standard InChI is InChI=1S/C19H22Cl2N2O/c1-2-3-8-22-11-15(24)12-23-18-6-4-13(20)9-16(18)17-10-14(21)5-7-19(17)23/h4-7,9-10,15,22,24H,2-3,8,11-12H2,1H3/t15-/m0/s1. The summed E-state index contributed by atoms with van der Waals surface area (Å²) < 4.78 is 2.14. The first-order chi connectivity index (χ1) is 11.6. The van der Waals surface area contributed by atoms with Gasteiger partial charge in [0.25, 0.3) is 0 Å². The Morgan fingerprint density at radius 1 is 1.04 bits per heavy atom. The summed E-state index contributed by atoms with van der Waals surface area (Å²) >= 11 is 12.3. The van der Waals surface area contributed by atoms with E-state index in [9.17, 15) is 5.11 Å². The molecule has 0 radical (unpaired) electrons. The number of nitrogens with one attached hydrogen (secondary N) is 1. The van der Waals surface area contributed by atoms with Crippen LogP contribution in [0.2, 0.25) is 10.0 Å². The lowest BCUT2D eigenvalue weighted by atomic mass is 10.1. The largest absolute Gasteiger partial charge is 0.390 e. The summed E-state index contributed by atoms with van der Waals surface area (Å²) in [5, 5.41) is 17.2. The molecule has 0 aliphatic rings. The van der Waals surface area contributed by atoms with Gasteiger partial charge in [0.2, 0.25) is 0 Å². The van der Waals surface area contributed by atoms with Gasteiger partial charge in [-0.1, -0.05) is 36.5 Å². The average Bonchev–Trinajstić information content (AvgIpc) is 2.84. The van der Waals surface area contributed by atoms with Gasteiger partial charge in [0.15, 0.2) is 0 Å². The molecule has 3 rings (SSSR count). The zero-order valence-corrected chi connectivity index (χ0v) is 15.2.